The molecule has 0 fully saturated rings. The first-order valence-electron chi connectivity index (χ1n) is 7.12. The van der Waals surface area contributed by atoms with Gasteiger partial charge in [-0.2, -0.15) is 8.78 Å². The molecule has 2 N–H and O–H groups in total. The summed E-state index contributed by atoms with van der Waals surface area (Å²) in [6.07, 6.45) is -1.74. The van der Waals surface area contributed by atoms with Crippen molar-refractivity contribution >= 4 is 17.0 Å². The van der Waals surface area contributed by atoms with Gasteiger partial charge in [0.05, 0.1) is 11.7 Å². The number of hydrogen-bond donors (Lipinski definition) is 2. The summed E-state index contributed by atoms with van der Waals surface area (Å²) in [4.78, 5) is 1.16. The molecule has 24 heavy (non-hydrogen) atoms. The predicted molar refractivity (Wildman–Crippen MR) is 84.2 cm³/mol. The number of hydrazine groups is 1. The zero-order chi connectivity index (χ0) is 17.2. The Morgan fingerprint density at radius 2 is 1.92 bits per heavy atom. The largest absolute Gasteiger partial charge is 0.487 e. The maximum Gasteiger partial charge on any atom is 0.340 e. The number of rotatable bonds is 6. The molecule has 0 saturated heterocycles. The molecule has 1 aromatic carbocycles. The Balaban J connectivity index is 1.64. The van der Waals surface area contributed by atoms with Crippen LogP contribution in [0.5, 0.6) is 5.75 Å². The molecule has 2 heterocycles. The van der Waals surface area contributed by atoms with Crippen molar-refractivity contribution in [3.05, 3.63) is 58.3 Å². The number of alkyl halides is 4. The van der Waals surface area contributed by atoms with Gasteiger partial charge in [-0.25, -0.2) is 14.2 Å². The monoisotopic (exact) mass is 358 g/mol. The summed E-state index contributed by atoms with van der Waals surface area (Å²) >= 11 is 1.63. The van der Waals surface area contributed by atoms with Crippen molar-refractivity contribution < 1.29 is 22.3 Å². The molecule has 128 valence electrons. The molecule has 0 bridgehead atoms. The first-order valence-corrected chi connectivity index (χ1v) is 7.99. The molecule has 0 spiro atoms. The van der Waals surface area contributed by atoms with E-state index in [1.807, 2.05) is 23.6 Å². The molecule has 1 atom stereocenters. The normalized spacial score (nSPS) is 17.7. The molecule has 1 aliphatic heterocycles. The van der Waals surface area contributed by atoms with Gasteiger partial charge in [0.25, 0.3) is 0 Å². The molecule has 1 unspecified atom stereocenters. The number of nitrogens with one attached hydrogen (secondary N) is 2. The lowest BCUT2D eigenvalue weighted by molar-refractivity contribution is -0.148. The van der Waals surface area contributed by atoms with Crippen LogP contribution in [0.2, 0.25) is 0 Å². The number of hydrogen-bond acceptors (Lipinski definition) is 4. The highest BCUT2D eigenvalue weighted by atomic mass is 32.1. The Kier molecular flexibility index (Phi) is 4.77. The van der Waals surface area contributed by atoms with Crippen LogP contribution < -0.4 is 15.6 Å². The quantitative estimate of drug-likeness (QED) is 0.759. The van der Waals surface area contributed by atoms with Crippen molar-refractivity contribution in [1.29, 1.82) is 0 Å². The van der Waals surface area contributed by atoms with Gasteiger partial charge in [0.1, 0.15) is 5.75 Å². The molecule has 3 nitrogen and oxygen atoms in total. The fraction of sp³-hybridized carbons (Fsp3) is 0.250. The minimum Gasteiger partial charge on any atom is -0.487 e. The SMILES string of the molecule is FC(F)C(F)(F)COc1ccc(C2=CC(c3cccs3)NN2)cc1. The van der Waals surface area contributed by atoms with E-state index in [4.69, 9.17) is 4.74 Å². The molecule has 0 saturated carbocycles. The number of thiophene rings is 1. The van der Waals surface area contributed by atoms with Gasteiger partial charge >= 0.3 is 12.3 Å². The van der Waals surface area contributed by atoms with Crippen LogP contribution in [0.25, 0.3) is 5.70 Å². The average molecular weight is 358 g/mol. The summed E-state index contributed by atoms with van der Waals surface area (Å²) in [5, 5.41) is 1.99. The fourth-order valence-electron chi connectivity index (χ4n) is 2.17. The third-order valence-corrected chi connectivity index (χ3v) is 4.42. The van der Waals surface area contributed by atoms with Crippen LogP contribution in [0.3, 0.4) is 0 Å². The molecule has 0 amide bonds. The van der Waals surface area contributed by atoms with Crippen LogP contribution >= 0.6 is 11.3 Å². The molecule has 0 radical (unpaired) electrons. The lowest BCUT2D eigenvalue weighted by Gasteiger charge is -2.16. The Morgan fingerprint density at radius 3 is 2.54 bits per heavy atom. The van der Waals surface area contributed by atoms with Crippen molar-refractivity contribution in [2.75, 3.05) is 6.61 Å². The fourth-order valence-corrected chi connectivity index (χ4v) is 2.91. The third kappa shape index (κ3) is 3.70. The Labute approximate surface area is 139 Å². The number of benzene rings is 1. The second kappa shape index (κ2) is 6.82. The van der Waals surface area contributed by atoms with E-state index >= 15 is 0 Å². The van der Waals surface area contributed by atoms with Gasteiger partial charge in [-0.3, -0.25) is 0 Å². The third-order valence-electron chi connectivity index (χ3n) is 3.46. The lowest BCUT2D eigenvalue weighted by atomic mass is 10.1. The van der Waals surface area contributed by atoms with Gasteiger partial charge in [0.2, 0.25) is 0 Å². The van der Waals surface area contributed by atoms with E-state index in [-0.39, 0.29) is 11.8 Å². The molecule has 0 aliphatic carbocycles. The van der Waals surface area contributed by atoms with Crippen LogP contribution in [-0.2, 0) is 0 Å². The van der Waals surface area contributed by atoms with Crippen LogP contribution in [0.4, 0.5) is 17.6 Å². The molecule has 2 aromatic rings. The summed E-state index contributed by atoms with van der Waals surface area (Å²) in [6, 6.07) is 10.3. The van der Waals surface area contributed by atoms with Gasteiger partial charge in [0, 0.05) is 4.88 Å². The van der Waals surface area contributed by atoms with Crippen molar-refractivity contribution in [2.24, 2.45) is 0 Å². The highest BCUT2D eigenvalue weighted by Crippen LogP contribution is 2.28. The maximum absolute atomic E-state index is 12.8. The van der Waals surface area contributed by atoms with E-state index in [1.54, 1.807) is 23.5 Å². The Bertz CT molecular complexity index is 701. The molecule has 8 heteroatoms. The van der Waals surface area contributed by atoms with Crippen molar-refractivity contribution in [3.8, 4) is 5.75 Å². The average Bonchev–Trinajstić information content (AvgIpc) is 3.24. The van der Waals surface area contributed by atoms with E-state index in [2.05, 4.69) is 10.9 Å². The minimum absolute atomic E-state index is 0.0562. The highest BCUT2D eigenvalue weighted by Gasteiger charge is 2.41. The summed E-state index contributed by atoms with van der Waals surface area (Å²) in [7, 11) is 0. The van der Waals surface area contributed by atoms with Crippen molar-refractivity contribution in [2.45, 2.75) is 18.4 Å². The van der Waals surface area contributed by atoms with E-state index < -0.39 is 19.0 Å². The smallest absolute Gasteiger partial charge is 0.340 e. The summed E-state index contributed by atoms with van der Waals surface area (Å²) in [6.45, 7) is -1.35. The molecule has 3 rings (SSSR count). The van der Waals surface area contributed by atoms with E-state index in [1.165, 1.54) is 12.1 Å². The van der Waals surface area contributed by atoms with E-state index in [0.29, 0.717) is 0 Å². The summed E-state index contributed by atoms with van der Waals surface area (Å²) < 4.78 is 54.6. The van der Waals surface area contributed by atoms with E-state index in [9.17, 15) is 17.6 Å². The molecule has 1 aromatic heterocycles. The molecular formula is C16H14F4N2OS. The minimum atomic E-state index is -4.16. The van der Waals surface area contributed by atoms with Crippen LogP contribution in [0.1, 0.15) is 16.5 Å². The second-order valence-electron chi connectivity index (χ2n) is 5.22. The van der Waals surface area contributed by atoms with Crippen LogP contribution in [-0.4, -0.2) is 19.0 Å². The number of ether oxygens (including phenoxy) is 1. The van der Waals surface area contributed by atoms with Crippen molar-refractivity contribution in [1.82, 2.24) is 10.9 Å². The topological polar surface area (TPSA) is 33.3 Å². The molecule has 1 aliphatic rings. The first kappa shape index (κ1) is 16.8. The van der Waals surface area contributed by atoms with E-state index in [0.717, 1.165) is 16.1 Å². The first-order chi connectivity index (χ1) is 11.5. The highest BCUT2D eigenvalue weighted by molar-refractivity contribution is 7.10. The molecular weight excluding hydrogens is 344 g/mol. The zero-order valence-corrected chi connectivity index (χ0v) is 13.1. The van der Waals surface area contributed by atoms with Gasteiger partial charge in [-0.05, 0) is 47.4 Å². The number of halogens is 4. The van der Waals surface area contributed by atoms with Crippen LogP contribution in [0.15, 0.2) is 47.9 Å². The summed E-state index contributed by atoms with van der Waals surface area (Å²) in [5.74, 6) is -4.05. The van der Waals surface area contributed by atoms with Gasteiger partial charge in [-0.1, -0.05) is 6.07 Å². The Morgan fingerprint density at radius 1 is 1.17 bits per heavy atom. The maximum atomic E-state index is 12.8. The van der Waals surface area contributed by atoms with Gasteiger partial charge < -0.3 is 10.2 Å². The predicted octanol–water partition coefficient (Wildman–Crippen LogP) is 4.22. The van der Waals surface area contributed by atoms with Crippen LogP contribution in [0, 0.1) is 0 Å². The van der Waals surface area contributed by atoms with Gasteiger partial charge in [-0.15, -0.1) is 11.3 Å². The Hall–Kier alpha value is -2.06. The standard InChI is InChI=1S/C16H14F4N2OS/c17-15(18)16(19,20)9-23-11-5-3-10(4-6-11)12-8-13(22-21-12)14-2-1-7-24-14/h1-8,13,15,21-22H,9H2. The van der Waals surface area contributed by atoms with Crippen molar-refractivity contribution in [3.63, 3.8) is 0 Å². The lowest BCUT2D eigenvalue weighted by Crippen LogP contribution is -2.33. The van der Waals surface area contributed by atoms with Gasteiger partial charge in [0.15, 0.2) is 6.61 Å². The second-order valence-corrected chi connectivity index (χ2v) is 6.20. The zero-order valence-electron chi connectivity index (χ0n) is 12.3. The summed E-state index contributed by atoms with van der Waals surface area (Å²) in [5.41, 5.74) is 7.87.